The lowest BCUT2D eigenvalue weighted by Gasteiger charge is -2.21. The minimum Gasteiger partial charge on any atom is -0.508 e. The second-order valence-corrected chi connectivity index (χ2v) is 4.35. The number of para-hydroxylation sites is 1. The molecule has 0 spiro atoms. The van der Waals surface area contributed by atoms with Gasteiger partial charge in [0.1, 0.15) is 5.75 Å². The number of aliphatic hydroxyl groups excluding tert-OH is 1. The van der Waals surface area contributed by atoms with Crippen LogP contribution in [-0.4, -0.2) is 40.2 Å². The lowest BCUT2D eigenvalue weighted by Crippen LogP contribution is -2.36. The summed E-state index contributed by atoms with van der Waals surface area (Å²) in [5, 5.41) is 18.5. The van der Waals surface area contributed by atoms with Gasteiger partial charge in [-0.3, -0.25) is 4.79 Å². The average Bonchev–Trinajstić information content (AvgIpc) is 3.13. The maximum Gasteiger partial charge on any atom is 0.227 e. The monoisotopic (exact) mass is 235 g/mol. The summed E-state index contributed by atoms with van der Waals surface area (Å²) in [5.41, 5.74) is 0.640. The number of aromatic hydroxyl groups is 1. The number of hydrogen-bond acceptors (Lipinski definition) is 3. The Labute approximate surface area is 100 Å². The highest BCUT2D eigenvalue weighted by Crippen LogP contribution is 2.27. The molecule has 0 aliphatic heterocycles. The zero-order valence-corrected chi connectivity index (χ0v) is 9.67. The number of carbonyl (C=O) groups excluding carboxylic acids is 1. The Hall–Kier alpha value is -1.55. The van der Waals surface area contributed by atoms with E-state index in [0.29, 0.717) is 18.2 Å². The third-order valence-electron chi connectivity index (χ3n) is 2.98. The quantitative estimate of drug-likeness (QED) is 0.797. The van der Waals surface area contributed by atoms with E-state index < -0.39 is 0 Å². The Morgan fingerprint density at radius 3 is 2.65 bits per heavy atom. The molecular formula is C13H17NO3. The first-order valence-corrected chi connectivity index (χ1v) is 5.89. The van der Waals surface area contributed by atoms with Crippen LogP contribution in [0.1, 0.15) is 18.4 Å². The van der Waals surface area contributed by atoms with Crippen molar-refractivity contribution in [3.05, 3.63) is 29.8 Å². The fourth-order valence-corrected chi connectivity index (χ4v) is 1.93. The first-order valence-electron chi connectivity index (χ1n) is 5.89. The van der Waals surface area contributed by atoms with Crippen LogP contribution in [0.4, 0.5) is 0 Å². The average molecular weight is 235 g/mol. The minimum absolute atomic E-state index is 0.0109. The van der Waals surface area contributed by atoms with E-state index >= 15 is 0 Å². The van der Waals surface area contributed by atoms with Gasteiger partial charge in [0.15, 0.2) is 0 Å². The zero-order chi connectivity index (χ0) is 12.3. The molecule has 1 aromatic rings. The molecule has 17 heavy (non-hydrogen) atoms. The van der Waals surface area contributed by atoms with Crippen molar-refractivity contribution in [2.75, 3.05) is 13.2 Å². The molecule has 1 fully saturated rings. The summed E-state index contributed by atoms with van der Waals surface area (Å²) < 4.78 is 0. The summed E-state index contributed by atoms with van der Waals surface area (Å²) in [6.07, 6.45) is 2.24. The van der Waals surface area contributed by atoms with Gasteiger partial charge in [0.2, 0.25) is 5.91 Å². The first kappa shape index (κ1) is 11.9. The zero-order valence-electron chi connectivity index (χ0n) is 9.67. The molecule has 2 rings (SSSR count). The van der Waals surface area contributed by atoms with Crippen molar-refractivity contribution < 1.29 is 15.0 Å². The number of aliphatic hydroxyl groups is 1. The molecule has 92 valence electrons. The van der Waals surface area contributed by atoms with Gasteiger partial charge in [-0.2, -0.15) is 0 Å². The van der Waals surface area contributed by atoms with Crippen molar-refractivity contribution >= 4 is 5.91 Å². The Morgan fingerprint density at radius 1 is 1.35 bits per heavy atom. The molecule has 1 saturated carbocycles. The highest BCUT2D eigenvalue weighted by atomic mass is 16.3. The van der Waals surface area contributed by atoms with Crippen molar-refractivity contribution in [1.29, 1.82) is 0 Å². The van der Waals surface area contributed by atoms with E-state index in [4.69, 9.17) is 5.11 Å². The predicted molar refractivity (Wildman–Crippen MR) is 63.6 cm³/mol. The van der Waals surface area contributed by atoms with Crippen LogP contribution in [0.2, 0.25) is 0 Å². The van der Waals surface area contributed by atoms with Crippen molar-refractivity contribution in [2.45, 2.75) is 25.3 Å². The fraction of sp³-hybridized carbons (Fsp3) is 0.462. The highest BCUT2D eigenvalue weighted by Gasteiger charge is 2.32. The molecular weight excluding hydrogens is 218 g/mol. The minimum atomic E-state index is -0.0250. The van der Waals surface area contributed by atoms with E-state index in [0.717, 1.165) is 12.8 Å². The van der Waals surface area contributed by atoms with Gasteiger partial charge in [-0.25, -0.2) is 0 Å². The molecule has 1 aliphatic carbocycles. The molecule has 1 aliphatic rings. The lowest BCUT2D eigenvalue weighted by molar-refractivity contribution is -0.131. The topological polar surface area (TPSA) is 60.8 Å². The van der Waals surface area contributed by atoms with Crippen LogP contribution in [0.5, 0.6) is 5.75 Å². The SMILES string of the molecule is O=C(Cc1ccccc1O)N(CCO)C1CC1. The van der Waals surface area contributed by atoms with Crippen molar-refractivity contribution in [2.24, 2.45) is 0 Å². The van der Waals surface area contributed by atoms with Crippen LogP contribution < -0.4 is 0 Å². The second-order valence-electron chi connectivity index (χ2n) is 4.35. The molecule has 4 nitrogen and oxygen atoms in total. The molecule has 0 saturated heterocycles. The molecule has 1 amide bonds. The Balaban J connectivity index is 2.02. The lowest BCUT2D eigenvalue weighted by atomic mass is 10.1. The number of nitrogens with zero attached hydrogens (tertiary/aromatic N) is 1. The maximum atomic E-state index is 12.0. The van der Waals surface area contributed by atoms with E-state index in [9.17, 15) is 9.90 Å². The van der Waals surface area contributed by atoms with Crippen LogP contribution in [0.25, 0.3) is 0 Å². The van der Waals surface area contributed by atoms with Crippen LogP contribution in [0.15, 0.2) is 24.3 Å². The molecule has 0 aromatic heterocycles. The van der Waals surface area contributed by atoms with E-state index in [-0.39, 0.29) is 24.7 Å². The van der Waals surface area contributed by atoms with Gasteiger partial charge in [-0.15, -0.1) is 0 Å². The molecule has 0 radical (unpaired) electrons. The number of amides is 1. The van der Waals surface area contributed by atoms with Crippen LogP contribution in [0.3, 0.4) is 0 Å². The van der Waals surface area contributed by atoms with Crippen LogP contribution in [0, 0.1) is 0 Å². The smallest absolute Gasteiger partial charge is 0.227 e. The molecule has 1 aromatic carbocycles. The van der Waals surface area contributed by atoms with E-state index in [1.165, 1.54) is 0 Å². The Kier molecular flexibility index (Phi) is 3.64. The second kappa shape index (κ2) is 5.19. The first-order chi connectivity index (χ1) is 8.22. The van der Waals surface area contributed by atoms with Crippen LogP contribution >= 0.6 is 0 Å². The summed E-state index contributed by atoms with van der Waals surface area (Å²) in [6, 6.07) is 7.15. The van der Waals surface area contributed by atoms with Gasteiger partial charge >= 0.3 is 0 Å². The van der Waals surface area contributed by atoms with E-state index in [1.54, 1.807) is 29.2 Å². The molecule has 4 heteroatoms. The van der Waals surface area contributed by atoms with Gasteiger partial charge in [0.05, 0.1) is 13.0 Å². The van der Waals surface area contributed by atoms with Crippen LogP contribution in [-0.2, 0) is 11.2 Å². The summed E-state index contributed by atoms with van der Waals surface area (Å²) in [6.45, 7) is 0.375. The largest absolute Gasteiger partial charge is 0.508 e. The maximum absolute atomic E-state index is 12.0. The fourth-order valence-electron chi connectivity index (χ4n) is 1.93. The molecule has 0 atom stereocenters. The Bertz CT molecular complexity index is 401. The number of carbonyl (C=O) groups is 1. The van der Waals surface area contributed by atoms with E-state index in [2.05, 4.69) is 0 Å². The van der Waals surface area contributed by atoms with E-state index in [1.807, 2.05) is 0 Å². The van der Waals surface area contributed by atoms with Gasteiger partial charge < -0.3 is 15.1 Å². The molecule has 0 heterocycles. The predicted octanol–water partition coefficient (Wildman–Crippen LogP) is 0.918. The third kappa shape index (κ3) is 2.97. The van der Waals surface area contributed by atoms with Gasteiger partial charge in [-0.1, -0.05) is 18.2 Å². The number of phenolic OH excluding ortho intramolecular Hbond substituents is 1. The third-order valence-corrected chi connectivity index (χ3v) is 2.98. The van der Waals surface area contributed by atoms with Gasteiger partial charge in [-0.05, 0) is 18.9 Å². The van der Waals surface area contributed by atoms with Gasteiger partial charge in [0, 0.05) is 18.2 Å². The summed E-state index contributed by atoms with van der Waals surface area (Å²) in [4.78, 5) is 13.8. The van der Waals surface area contributed by atoms with Crippen molar-refractivity contribution in [1.82, 2.24) is 4.90 Å². The van der Waals surface area contributed by atoms with Crippen molar-refractivity contribution in [3.8, 4) is 5.75 Å². The summed E-state index contributed by atoms with van der Waals surface area (Å²) in [7, 11) is 0. The molecule has 0 bridgehead atoms. The standard InChI is InChI=1S/C13H17NO3/c15-8-7-14(11-5-6-11)13(17)9-10-3-1-2-4-12(10)16/h1-4,11,15-16H,5-9H2. The molecule has 0 unspecified atom stereocenters. The Morgan fingerprint density at radius 2 is 2.06 bits per heavy atom. The number of phenols is 1. The number of hydrogen-bond donors (Lipinski definition) is 2. The summed E-state index contributed by atoms with van der Waals surface area (Å²) in [5.74, 6) is 0.128. The number of rotatable bonds is 5. The normalized spacial score (nSPS) is 14.6. The van der Waals surface area contributed by atoms with Crippen molar-refractivity contribution in [3.63, 3.8) is 0 Å². The number of benzene rings is 1. The molecule has 2 N–H and O–H groups in total. The van der Waals surface area contributed by atoms with Gasteiger partial charge in [0.25, 0.3) is 0 Å². The summed E-state index contributed by atoms with van der Waals surface area (Å²) >= 11 is 0. The highest BCUT2D eigenvalue weighted by molar-refractivity contribution is 5.80.